The molecule has 6 aromatic rings. The summed E-state index contributed by atoms with van der Waals surface area (Å²) < 4.78 is 79.1. The van der Waals surface area contributed by atoms with Crippen molar-refractivity contribution in [3.8, 4) is 74.7 Å². The van der Waals surface area contributed by atoms with Gasteiger partial charge in [-0.2, -0.15) is 0 Å². The van der Waals surface area contributed by atoms with E-state index in [0.29, 0.717) is 114 Å². The summed E-state index contributed by atoms with van der Waals surface area (Å²) in [5, 5.41) is 38.8. The smallest absolute Gasteiger partial charge is 0.161 e. The van der Waals surface area contributed by atoms with Crippen LogP contribution in [-0.2, 0) is 6.42 Å². The molecule has 16 heteroatoms. The summed E-state index contributed by atoms with van der Waals surface area (Å²) in [7, 11) is 15.4. The van der Waals surface area contributed by atoms with Gasteiger partial charge in [-0.05, 0) is 71.3 Å². The molecule has 3 heterocycles. The average Bonchev–Trinajstić information content (AvgIpc) is 3.41. The molecule has 0 fully saturated rings. The zero-order chi connectivity index (χ0) is 50.2. The van der Waals surface area contributed by atoms with Crippen molar-refractivity contribution in [3.63, 3.8) is 0 Å². The molecule has 0 amide bonds. The SMILES string of the molecule is COc1ccc([C@@H]2c3c4c(c5c(c3O[C@@H](c3ccc(OC)c(OC)c3)[C@H]2O)[C@H](c2ccc(OC)c(OC)c2)[C@@H](O)[C@@H](c2ccc(OC)cc2OC)O5)C[C@H](O)[C@@H](c2ccc(OC)c(OC)c2)O4)c(OC)c1. The lowest BCUT2D eigenvalue weighted by molar-refractivity contribution is -0.0173. The van der Waals surface area contributed by atoms with Crippen LogP contribution in [0.1, 0.15) is 74.7 Å². The zero-order valence-electron chi connectivity index (χ0n) is 41.1. The van der Waals surface area contributed by atoms with E-state index in [-0.39, 0.29) is 12.2 Å². The minimum atomic E-state index is -1.34. The van der Waals surface area contributed by atoms with Crippen molar-refractivity contribution in [2.75, 3.05) is 71.1 Å². The van der Waals surface area contributed by atoms with Crippen molar-refractivity contribution in [2.45, 2.75) is 54.9 Å². The molecule has 0 unspecified atom stereocenters. The van der Waals surface area contributed by atoms with Gasteiger partial charge in [0, 0.05) is 58.2 Å². The lowest BCUT2D eigenvalue weighted by atomic mass is 9.72. The molecule has 374 valence electrons. The van der Waals surface area contributed by atoms with E-state index >= 15 is 0 Å². The van der Waals surface area contributed by atoms with Crippen molar-refractivity contribution >= 4 is 0 Å². The minimum absolute atomic E-state index is 0.00710. The first kappa shape index (κ1) is 48.6. The van der Waals surface area contributed by atoms with Gasteiger partial charge in [-0.1, -0.05) is 24.3 Å². The molecule has 71 heavy (non-hydrogen) atoms. The molecule has 3 aliphatic heterocycles. The highest BCUT2D eigenvalue weighted by molar-refractivity contribution is 5.72. The molecular weight excluding hydrogens is 917 g/mol. The van der Waals surface area contributed by atoms with Crippen molar-refractivity contribution in [1.29, 1.82) is 0 Å². The molecule has 0 aliphatic carbocycles. The summed E-state index contributed by atoms with van der Waals surface area (Å²) in [5.41, 5.74) is 4.15. The summed E-state index contributed by atoms with van der Waals surface area (Å²) in [6, 6.07) is 26.7. The van der Waals surface area contributed by atoms with Crippen molar-refractivity contribution < 1.29 is 76.9 Å². The Balaban J connectivity index is 1.40. The van der Waals surface area contributed by atoms with Gasteiger partial charge in [-0.3, -0.25) is 0 Å². The van der Waals surface area contributed by atoms with Gasteiger partial charge in [0.25, 0.3) is 0 Å². The number of fused-ring (bicyclic) bond motifs is 6. The summed E-state index contributed by atoms with van der Waals surface area (Å²) in [6.45, 7) is 0. The lowest BCUT2D eigenvalue weighted by Crippen LogP contribution is -2.41. The summed E-state index contributed by atoms with van der Waals surface area (Å²) in [4.78, 5) is 0. The van der Waals surface area contributed by atoms with Gasteiger partial charge in [0.15, 0.2) is 46.7 Å². The van der Waals surface area contributed by atoms with Crippen LogP contribution in [0.4, 0.5) is 0 Å². The molecule has 0 aromatic heterocycles. The molecule has 0 bridgehead atoms. The van der Waals surface area contributed by atoms with Crippen LogP contribution in [0, 0.1) is 0 Å². The molecule has 3 N–H and O–H groups in total. The van der Waals surface area contributed by atoms with E-state index < -0.39 is 48.5 Å². The summed E-state index contributed by atoms with van der Waals surface area (Å²) in [5.74, 6) is 3.47. The van der Waals surface area contributed by atoms with Gasteiger partial charge in [0.1, 0.15) is 58.6 Å². The van der Waals surface area contributed by atoms with E-state index in [0.717, 1.165) is 0 Å². The first-order valence-corrected chi connectivity index (χ1v) is 22.9. The van der Waals surface area contributed by atoms with Gasteiger partial charge in [0.05, 0.1) is 77.2 Å². The second-order valence-corrected chi connectivity index (χ2v) is 17.2. The third kappa shape index (κ3) is 8.38. The fourth-order valence-electron chi connectivity index (χ4n) is 10.3. The minimum Gasteiger partial charge on any atom is -0.497 e. The molecule has 0 saturated carbocycles. The number of rotatable bonds is 15. The van der Waals surface area contributed by atoms with Crippen LogP contribution >= 0.6 is 0 Å². The van der Waals surface area contributed by atoms with Gasteiger partial charge >= 0.3 is 0 Å². The average molecular weight is 975 g/mol. The Hall–Kier alpha value is -7.40. The normalized spacial score (nSPS) is 21.9. The van der Waals surface area contributed by atoms with E-state index in [9.17, 15) is 15.3 Å². The molecule has 6 aromatic carbocycles. The maximum absolute atomic E-state index is 13.2. The van der Waals surface area contributed by atoms with Crippen LogP contribution in [0.15, 0.2) is 91.0 Å². The second kappa shape index (κ2) is 20.1. The third-order valence-corrected chi connectivity index (χ3v) is 13.7. The highest BCUT2D eigenvalue weighted by atomic mass is 16.5. The second-order valence-electron chi connectivity index (χ2n) is 17.2. The molecule has 0 saturated heterocycles. The standard InChI is InChI=1S/C55H58O16/c1-59-30-14-16-32(39(24-30)64-6)45-47-53-34(26-35(56)50(69-53)28-12-19-37(62-4)42(22-28)67-9)52-46(55(47)70-51(49(45)58)29-13-20-38(63-5)43(23-29)68-10)44(27-11-18-36(61-3)41(21-27)66-8)48(57)54(71-52)33-17-15-31(60-2)25-40(33)65-7/h11-25,35,44-45,48-51,54,56-58H,26H2,1-10H3/t35-,44-,45+,48+,49-,50+,51-,54+/m0/s1. The molecular formula is C55H58O16. The topological polar surface area (TPSA) is 181 Å². The molecule has 0 spiro atoms. The predicted octanol–water partition coefficient (Wildman–Crippen LogP) is 8.06. The number of ether oxygens (including phenoxy) is 13. The highest BCUT2D eigenvalue weighted by Crippen LogP contribution is 2.63. The number of aliphatic hydroxyl groups is 3. The van der Waals surface area contributed by atoms with Crippen LogP contribution in [-0.4, -0.2) is 105 Å². The first-order valence-electron chi connectivity index (χ1n) is 22.9. The summed E-state index contributed by atoms with van der Waals surface area (Å²) in [6.07, 6.45) is -7.01. The lowest BCUT2D eigenvalue weighted by Gasteiger charge is -2.46. The van der Waals surface area contributed by atoms with Crippen LogP contribution in [0.2, 0.25) is 0 Å². The number of benzene rings is 6. The van der Waals surface area contributed by atoms with Crippen LogP contribution in [0.3, 0.4) is 0 Å². The van der Waals surface area contributed by atoms with Gasteiger partial charge < -0.3 is 76.9 Å². The zero-order valence-corrected chi connectivity index (χ0v) is 41.1. The van der Waals surface area contributed by atoms with Crippen molar-refractivity contribution in [2.24, 2.45) is 0 Å². The fourth-order valence-corrected chi connectivity index (χ4v) is 10.3. The highest BCUT2D eigenvalue weighted by Gasteiger charge is 2.52. The number of hydrogen-bond acceptors (Lipinski definition) is 16. The van der Waals surface area contributed by atoms with E-state index in [1.807, 2.05) is 18.2 Å². The van der Waals surface area contributed by atoms with Crippen molar-refractivity contribution in [1.82, 2.24) is 0 Å². The number of aliphatic hydroxyl groups excluding tert-OH is 3. The maximum atomic E-state index is 13.2. The Morgan fingerprint density at radius 1 is 0.366 bits per heavy atom. The third-order valence-electron chi connectivity index (χ3n) is 13.7. The van der Waals surface area contributed by atoms with Gasteiger partial charge in [-0.25, -0.2) is 0 Å². The first-order chi connectivity index (χ1) is 34.5. The van der Waals surface area contributed by atoms with Crippen LogP contribution in [0.25, 0.3) is 0 Å². The Morgan fingerprint density at radius 3 is 1.28 bits per heavy atom. The summed E-state index contributed by atoms with van der Waals surface area (Å²) >= 11 is 0. The van der Waals surface area contributed by atoms with Gasteiger partial charge in [-0.15, -0.1) is 0 Å². The Bertz CT molecular complexity index is 2920. The quantitative estimate of drug-likeness (QED) is 0.0898. The number of methoxy groups -OCH3 is 10. The Kier molecular flexibility index (Phi) is 13.8. The van der Waals surface area contributed by atoms with E-state index in [1.165, 1.54) is 28.4 Å². The molecule has 9 rings (SSSR count). The van der Waals surface area contributed by atoms with Crippen LogP contribution in [0.5, 0.6) is 74.7 Å². The van der Waals surface area contributed by atoms with E-state index in [2.05, 4.69) is 0 Å². The molecule has 8 atom stereocenters. The van der Waals surface area contributed by atoms with Gasteiger partial charge in [0.2, 0.25) is 0 Å². The van der Waals surface area contributed by atoms with E-state index in [1.54, 1.807) is 115 Å². The Labute approximate surface area is 411 Å². The fraction of sp³-hybridized carbons (Fsp3) is 0.345. The molecule has 0 radical (unpaired) electrons. The van der Waals surface area contributed by atoms with Crippen molar-refractivity contribution in [3.05, 3.63) is 136 Å². The van der Waals surface area contributed by atoms with E-state index in [4.69, 9.17) is 61.6 Å². The monoisotopic (exact) mass is 974 g/mol. The van der Waals surface area contributed by atoms with Crippen LogP contribution < -0.4 is 61.6 Å². The predicted molar refractivity (Wildman–Crippen MR) is 260 cm³/mol. The largest absolute Gasteiger partial charge is 0.497 e. The molecule has 16 nitrogen and oxygen atoms in total. The number of hydrogen-bond donors (Lipinski definition) is 3. The maximum Gasteiger partial charge on any atom is 0.161 e. The molecule has 3 aliphatic rings. The Morgan fingerprint density at radius 2 is 0.775 bits per heavy atom.